The maximum Gasteiger partial charge on any atom is 0.238 e. The van der Waals surface area contributed by atoms with Crippen LogP contribution in [0.4, 0.5) is 0 Å². The molecule has 0 N–H and O–H groups in total. The minimum Gasteiger partial charge on any atom is -0.412 e. The first kappa shape index (κ1) is 22.4. The van der Waals surface area contributed by atoms with Gasteiger partial charge in [-0.1, -0.05) is 44.0 Å². The first-order valence-electron chi connectivity index (χ1n) is 9.75. The van der Waals surface area contributed by atoms with E-state index < -0.39 is 19.8 Å². The molecule has 0 saturated carbocycles. The third-order valence-corrected chi connectivity index (χ3v) is 11.6. The molecule has 156 valence electrons. The van der Waals surface area contributed by atoms with E-state index in [2.05, 4.69) is 39.8 Å². The lowest BCUT2D eigenvalue weighted by molar-refractivity contribution is -0.131. The molecule has 2 fully saturated rings. The molecular formula is C22H27Cl2NO3Si. The van der Waals surface area contributed by atoms with Gasteiger partial charge in [0.2, 0.25) is 5.91 Å². The third kappa shape index (κ3) is 3.77. The normalized spacial score (nSPS) is 27.3. The van der Waals surface area contributed by atoms with E-state index in [-0.39, 0.29) is 29.3 Å². The molecule has 4 nitrogen and oxygen atoms in total. The van der Waals surface area contributed by atoms with Gasteiger partial charge in [0.05, 0.1) is 6.10 Å². The van der Waals surface area contributed by atoms with Gasteiger partial charge in [0.15, 0.2) is 14.1 Å². The number of rotatable bonds is 4. The van der Waals surface area contributed by atoms with Crippen LogP contribution in [0.5, 0.6) is 0 Å². The first-order chi connectivity index (χ1) is 13.3. The molecule has 0 aromatic heterocycles. The summed E-state index contributed by atoms with van der Waals surface area (Å²) in [6, 6.07) is 4.84. The summed E-state index contributed by atoms with van der Waals surface area (Å²) in [7, 11) is -2.05. The topological polar surface area (TPSA) is 46.6 Å². The van der Waals surface area contributed by atoms with Crippen molar-refractivity contribution in [1.29, 1.82) is 0 Å². The molecular weight excluding hydrogens is 425 g/mol. The molecule has 0 bridgehead atoms. The maximum absolute atomic E-state index is 13.6. The number of fused-ring (bicyclic) bond motifs is 1. The van der Waals surface area contributed by atoms with Crippen LogP contribution in [-0.4, -0.2) is 43.1 Å². The van der Waals surface area contributed by atoms with Gasteiger partial charge >= 0.3 is 0 Å². The monoisotopic (exact) mass is 451 g/mol. The van der Waals surface area contributed by atoms with Crippen molar-refractivity contribution in [2.24, 2.45) is 0 Å². The average Bonchev–Trinajstić information content (AvgIpc) is 2.99. The molecule has 0 radical (unpaired) electrons. The molecule has 2 heterocycles. The lowest BCUT2D eigenvalue weighted by Gasteiger charge is -2.38. The average molecular weight is 452 g/mol. The van der Waals surface area contributed by atoms with Gasteiger partial charge in [-0.05, 0) is 41.9 Å². The number of carbonyl (C=O) groups excluding carboxylic acids is 2. The fraction of sp³-hybridized carbons (Fsp3) is 0.545. The molecule has 3 rings (SSSR count). The second-order valence-electron chi connectivity index (χ2n) is 9.57. The summed E-state index contributed by atoms with van der Waals surface area (Å²) < 4.78 is 6.53. The number of carbonyl (C=O) groups is 2. The highest BCUT2D eigenvalue weighted by molar-refractivity contribution is 6.74. The Morgan fingerprint density at radius 2 is 1.83 bits per heavy atom. The van der Waals surface area contributed by atoms with E-state index in [9.17, 15) is 9.59 Å². The second kappa shape index (κ2) is 7.42. The van der Waals surface area contributed by atoms with E-state index in [0.29, 0.717) is 28.6 Å². The van der Waals surface area contributed by atoms with E-state index in [1.54, 1.807) is 23.1 Å². The predicted octanol–water partition coefficient (Wildman–Crippen LogP) is 5.04. The molecule has 3 atom stereocenters. The van der Waals surface area contributed by atoms with Gasteiger partial charge in [-0.15, -0.1) is 12.3 Å². The minimum atomic E-state index is -2.05. The summed E-state index contributed by atoms with van der Waals surface area (Å²) in [5, 5.41) is 0.823. The van der Waals surface area contributed by atoms with E-state index in [1.165, 1.54) is 0 Å². The third-order valence-electron chi connectivity index (χ3n) is 6.58. The maximum atomic E-state index is 13.6. The van der Waals surface area contributed by atoms with E-state index in [1.807, 2.05) is 0 Å². The Morgan fingerprint density at radius 1 is 1.24 bits per heavy atom. The molecule has 2 aliphatic heterocycles. The van der Waals surface area contributed by atoms with Crippen LogP contribution in [0.15, 0.2) is 18.2 Å². The van der Waals surface area contributed by atoms with Crippen molar-refractivity contribution >= 4 is 43.2 Å². The van der Waals surface area contributed by atoms with Crippen LogP contribution in [-0.2, 0) is 14.0 Å². The van der Waals surface area contributed by atoms with Gasteiger partial charge in [0, 0.05) is 29.4 Å². The first-order valence-corrected chi connectivity index (χ1v) is 13.4. The Bertz CT molecular complexity index is 882. The molecule has 0 spiro atoms. The van der Waals surface area contributed by atoms with Crippen molar-refractivity contribution in [3.8, 4) is 12.3 Å². The van der Waals surface area contributed by atoms with Gasteiger partial charge in [-0.2, -0.15) is 0 Å². The second-order valence-corrected chi connectivity index (χ2v) is 15.2. The Labute approximate surface area is 184 Å². The van der Waals surface area contributed by atoms with E-state index in [4.69, 9.17) is 34.1 Å². The summed E-state index contributed by atoms with van der Waals surface area (Å²) in [6.45, 7) is 11.2. The largest absolute Gasteiger partial charge is 0.412 e. The van der Waals surface area contributed by atoms with Crippen molar-refractivity contribution in [1.82, 2.24) is 4.90 Å². The molecule has 2 saturated heterocycles. The number of terminal acetylenes is 1. The SMILES string of the molecule is C#CC[C@@]12C[C@H](O[Si](C)(C)C(C)(C)C)CN1C(=O)C(c1cc(Cl)cc(Cl)c1)C2=O. The van der Waals surface area contributed by atoms with Crippen LogP contribution in [0.3, 0.4) is 0 Å². The van der Waals surface area contributed by atoms with Crippen LogP contribution in [0, 0.1) is 12.3 Å². The lowest BCUT2D eigenvalue weighted by atomic mass is 9.82. The smallest absolute Gasteiger partial charge is 0.238 e. The number of hydrogen-bond acceptors (Lipinski definition) is 3. The number of benzene rings is 1. The minimum absolute atomic E-state index is 0.0351. The van der Waals surface area contributed by atoms with Crippen LogP contribution < -0.4 is 0 Å². The summed E-state index contributed by atoms with van der Waals surface area (Å²) in [6.07, 6.45) is 6.04. The van der Waals surface area contributed by atoms with Gasteiger partial charge in [0.25, 0.3) is 0 Å². The zero-order valence-electron chi connectivity index (χ0n) is 17.5. The highest BCUT2D eigenvalue weighted by Gasteiger charge is 2.63. The van der Waals surface area contributed by atoms with Crippen LogP contribution in [0.1, 0.15) is 45.1 Å². The number of nitrogens with zero attached hydrogens (tertiary/aromatic N) is 1. The highest BCUT2D eigenvalue weighted by Crippen LogP contribution is 2.48. The van der Waals surface area contributed by atoms with Crippen LogP contribution in [0.2, 0.25) is 28.2 Å². The standard InChI is InChI=1S/C22H27Cl2NO3Si/c1-7-8-22-12-17(28-29(5,6)21(2,3)4)13-25(22)20(27)18(19(22)26)14-9-15(23)11-16(24)10-14/h1,9-11,17-18H,8,12-13H2,2-6H3/t17-,18?,22-/m0/s1. The van der Waals surface area contributed by atoms with Crippen molar-refractivity contribution < 1.29 is 14.0 Å². The molecule has 0 aliphatic carbocycles. The summed E-state index contributed by atoms with van der Waals surface area (Å²) in [4.78, 5) is 28.5. The zero-order valence-corrected chi connectivity index (χ0v) is 20.0. The number of amides is 1. The Kier molecular flexibility index (Phi) is 5.72. The van der Waals surface area contributed by atoms with Gasteiger partial charge in [-0.3, -0.25) is 9.59 Å². The fourth-order valence-electron chi connectivity index (χ4n) is 4.13. The molecule has 1 aromatic rings. The zero-order chi connectivity index (χ0) is 21.8. The predicted molar refractivity (Wildman–Crippen MR) is 119 cm³/mol. The number of hydrogen-bond donors (Lipinski definition) is 0. The van der Waals surface area contributed by atoms with Crippen LogP contribution >= 0.6 is 23.2 Å². The van der Waals surface area contributed by atoms with Crippen molar-refractivity contribution in [2.75, 3.05) is 6.54 Å². The van der Waals surface area contributed by atoms with Crippen molar-refractivity contribution in [3.05, 3.63) is 33.8 Å². The molecule has 7 heteroatoms. The molecule has 2 aliphatic rings. The number of ketones is 1. The Hall–Kier alpha value is -1.32. The molecule has 29 heavy (non-hydrogen) atoms. The van der Waals surface area contributed by atoms with Crippen molar-refractivity contribution in [3.63, 3.8) is 0 Å². The summed E-state index contributed by atoms with van der Waals surface area (Å²) in [5.74, 6) is 1.27. The quantitative estimate of drug-likeness (QED) is 0.365. The lowest BCUT2D eigenvalue weighted by Crippen LogP contribution is -2.45. The molecule has 1 aromatic carbocycles. The molecule has 1 unspecified atom stereocenters. The van der Waals surface area contributed by atoms with Crippen molar-refractivity contribution in [2.45, 2.75) is 69.3 Å². The van der Waals surface area contributed by atoms with Crippen LogP contribution in [0.25, 0.3) is 0 Å². The Balaban J connectivity index is 1.94. The van der Waals surface area contributed by atoms with Gasteiger partial charge in [0.1, 0.15) is 11.5 Å². The molecule has 1 amide bonds. The number of halogens is 2. The van der Waals surface area contributed by atoms with Gasteiger partial charge < -0.3 is 9.33 Å². The Morgan fingerprint density at radius 3 is 2.34 bits per heavy atom. The number of Topliss-reactive ketones (excluding diaryl/α,β-unsaturated/α-hetero) is 1. The summed E-state index contributed by atoms with van der Waals surface area (Å²) in [5.41, 5.74) is -0.497. The van der Waals surface area contributed by atoms with Gasteiger partial charge in [-0.25, -0.2) is 0 Å². The fourth-order valence-corrected chi connectivity index (χ4v) is 6.02. The highest BCUT2D eigenvalue weighted by atomic mass is 35.5. The van der Waals surface area contributed by atoms with E-state index in [0.717, 1.165) is 0 Å². The van der Waals surface area contributed by atoms with E-state index >= 15 is 0 Å². The summed E-state index contributed by atoms with van der Waals surface area (Å²) >= 11 is 12.2.